The van der Waals surface area contributed by atoms with Gasteiger partial charge in [0.1, 0.15) is 0 Å². The first-order valence-corrected chi connectivity index (χ1v) is 11.7. The minimum Gasteiger partial charge on any atom is -0.322 e. The molecule has 0 radical (unpaired) electrons. The Morgan fingerprint density at radius 3 is 2.34 bits per heavy atom. The predicted molar refractivity (Wildman–Crippen MR) is 124 cm³/mol. The molecule has 2 amide bonds. The molecular formula is C24H23N3O4S. The molecule has 3 aromatic rings. The molecule has 0 spiro atoms. The summed E-state index contributed by atoms with van der Waals surface area (Å²) in [4.78, 5) is 26.4. The first-order chi connectivity index (χ1) is 15.4. The van der Waals surface area contributed by atoms with Crippen LogP contribution in [0.1, 0.15) is 23.2 Å². The lowest BCUT2D eigenvalue weighted by Gasteiger charge is -2.19. The van der Waals surface area contributed by atoms with Crippen molar-refractivity contribution in [1.29, 1.82) is 0 Å². The number of benzene rings is 3. The number of carbonyl (C=O) groups is 2. The van der Waals surface area contributed by atoms with E-state index in [0.29, 0.717) is 24.3 Å². The molecule has 8 heteroatoms. The van der Waals surface area contributed by atoms with Gasteiger partial charge in [-0.15, -0.1) is 0 Å². The average Bonchev–Trinajstić information content (AvgIpc) is 3.25. The predicted octanol–water partition coefficient (Wildman–Crippen LogP) is 3.89. The van der Waals surface area contributed by atoms with Crippen molar-refractivity contribution in [3.63, 3.8) is 0 Å². The normalized spacial score (nSPS) is 13.8. The molecule has 164 valence electrons. The Labute approximate surface area is 187 Å². The molecule has 0 unspecified atom stereocenters. The number of nitrogens with one attached hydrogen (secondary N) is 1. The number of rotatable bonds is 6. The highest BCUT2D eigenvalue weighted by Crippen LogP contribution is 2.25. The zero-order valence-electron chi connectivity index (χ0n) is 17.6. The van der Waals surface area contributed by atoms with Crippen molar-refractivity contribution in [2.24, 2.45) is 0 Å². The molecule has 0 saturated carbocycles. The molecule has 1 aliphatic heterocycles. The molecule has 7 nitrogen and oxygen atoms in total. The van der Waals surface area contributed by atoms with Gasteiger partial charge in [-0.05, 0) is 61.0 Å². The Hall–Kier alpha value is -3.65. The van der Waals surface area contributed by atoms with Crippen LogP contribution >= 0.6 is 0 Å². The van der Waals surface area contributed by atoms with Gasteiger partial charge in [-0.25, -0.2) is 8.42 Å². The third-order valence-electron chi connectivity index (χ3n) is 5.38. The van der Waals surface area contributed by atoms with E-state index in [4.69, 9.17) is 0 Å². The molecule has 1 N–H and O–H groups in total. The lowest BCUT2D eigenvalue weighted by Crippen LogP contribution is -2.26. The standard InChI is InChI=1S/C24H23N3O4S/c1-26(20-8-3-2-4-9-20)32(30,31)22-10-5-7-18(17-22)24(29)25-19-12-14-21(15-13-19)27-16-6-11-23(27)28/h2-5,7-10,12-15,17H,6,11,16H2,1H3,(H,25,29). The number of carbonyl (C=O) groups excluding carboxylic acids is 2. The summed E-state index contributed by atoms with van der Waals surface area (Å²) in [5.41, 5.74) is 2.10. The first-order valence-electron chi connectivity index (χ1n) is 10.2. The Morgan fingerprint density at radius 1 is 0.969 bits per heavy atom. The Balaban J connectivity index is 1.50. The second kappa shape index (κ2) is 8.84. The van der Waals surface area contributed by atoms with Crippen molar-refractivity contribution in [2.45, 2.75) is 17.7 Å². The van der Waals surface area contributed by atoms with Crippen LogP contribution in [0.5, 0.6) is 0 Å². The number of hydrogen-bond donors (Lipinski definition) is 1. The minimum absolute atomic E-state index is 0.0272. The summed E-state index contributed by atoms with van der Waals surface area (Å²) in [5, 5.41) is 2.78. The van der Waals surface area contributed by atoms with Crippen LogP contribution < -0.4 is 14.5 Å². The summed E-state index contributed by atoms with van der Waals surface area (Å²) in [7, 11) is -2.35. The number of anilines is 3. The second-order valence-corrected chi connectivity index (χ2v) is 9.46. The van der Waals surface area contributed by atoms with Crippen LogP contribution in [0.3, 0.4) is 0 Å². The van der Waals surface area contributed by atoms with Gasteiger partial charge in [0.05, 0.1) is 10.6 Å². The number of nitrogens with zero attached hydrogens (tertiary/aromatic N) is 2. The molecule has 0 aliphatic carbocycles. The van der Waals surface area contributed by atoms with Gasteiger partial charge in [-0.2, -0.15) is 0 Å². The molecule has 0 aromatic heterocycles. The van der Waals surface area contributed by atoms with Crippen molar-refractivity contribution >= 4 is 38.9 Å². The molecule has 3 aromatic carbocycles. The van der Waals surface area contributed by atoms with Crippen LogP contribution in [0, 0.1) is 0 Å². The molecule has 1 saturated heterocycles. The Morgan fingerprint density at radius 2 is 1.69 bits per heavy atom. The van der Waals surface area contributed by atoms with E-state index >= 15 is 0 Å². The van der Waals surface area contributed by atoms with E-state index in [1.54, 1.807) is 65.6 Å². The van der Waals surface area contributed by atoms with Crippen LogP contribution in [-0.4, -0.2) is 33.8 Å². The quantitative estimate of drug-likeness (QED) is 0.619. The molecule has 1 aliphatic rings. The van der Waals surface area contributed by atoms with Crippen molar-refractivity contribution < 1.29 is 18.0 Å². The maximum Gasteiger partial charge on any atom is 0.264 e. The average molecular weight is 450 g/mol. The van der Waals surface area contributed by atoms with Crippen LogP contribution in [0.4, 0.5) is 17.1 Å². The fourth-order valence-corrected chi connectivity index (χ4v) is 4.82. The monoisotopic (exact) mass is 449 g/mol. The maximum absolute atomic E-state index is 13.0. The summed E-state index contributed by atoms with van der Waals surface area (Å²) in [6.45, 7) is 0.698. The summed E-state index contributed by atoms with van der Waals surface area (Å²) in [5.74, 6) is -0.324. The van der Waals surface area contributed by atoms with E-state index in [1.165, 1.54) is 23.5 Å². The summed E-state index contributed by atoms with van der Waals surface area (Å²) in [6, 6.07) is 21.7. The summed E-state index contributed by atoms with van der Waals surface area (Å²) >= 11 is 0. The highest BCUT2D eigenvalue weighted by Gasteiger charge is 2.23. The molecule has 32 heavy (non-hydrogen) atoms. The zero-order valence-corrected chi connectivity index (χ0v) is 18.4. The van der Waals surface area contributed by atoms with Gasteiger partial charge >= 0.3 is 0 Å². The maximum atomic E-state index is 13.0. The molecular weight excluding hydrogens is 426 g/mol. The van der Waals surface area contributed by atoms with Crippen molar-refractivity contribution in [2.75, 3.05) is 28.1 Å². The van der Waals surface area contributed by atoms with Gasteiger partial charge in [0.2, 0.25) is 5.91 Å². The molecule has 4 rings (SSSR count). The van der Waals surface area contributed by atoms with E-state index in [1.807, 2.05) is 6.07 Å². The van der Waals surface area contributed by atoms with Gasteiger partial charge in [0.25, 0.3) is 15.9 Å². The third-order valence-corrected chi connectivity index (χ3v) is 7.17. The fourth-order valence-electron chi connectivity index (χ4n) is 3.58. The van der Waals surface area contributed by atoms with Crippen LogP contribution in [0.15, 0.2) is 83.8 Å². The Kier molecular flexibility index (Phi) is 5.96. The summed E-state index contributed by atoms with van der Waals surface area (Å²) < 4.78 is 27.2. The van der Waals surface area contributed by atoms with Crippen LogP contribution in [0.2, 0.25) is 0 Å². The molecule has 0 bridgehead atoms. The highest BCUT2D eigenvalue weighted by molar-refractivity contribution is 7.92. The van der Waals surface area contributed by atoms with E-state index in [0.717, 1.165) is 12.1 Å². The number of amides is 2. The van der Waals surface area contributed by atoms with Crippen molar-refractivity contribution in [3.05, 3.63) is 84.4 Å². The van der Waals surface area contributed by atoms with Gasteiger partial charge in [0.15, 0.2) is 0 Å². The number of hydrogen-bond acceptors (Lipinski definition) is 4. The third kappa shape index (κ3) is 4.36. The number of para-hydroxylation sites is 1. The smallest absolute Gasteiger partial charge is 0.264 e. The lowest BCUT2D eigenvalue weighted by atomic mass is 10.2. The van der Waals surface area contributed by atoms with E-state index in [-0.39, 0.29) is 16.4 Å². The molecule has 1 fully saturated rings. The van der Waals surface area contributed by atoms with Gasteiger partial charge in [-0.1, -0.05) is 24.3 Å². The van der Waals surface area contributed by atoms with E-state index < -0.39 is 15.9 Å². The van der Waals surface area contributed by atoms with Gasteiger partial charge < -0.3 is 10.2 Å². The fraction of sp³-hybridized carbons (Fsp3) is 0.167. The summed E-state index contributed by atoms with van der Waals surface area (Å²) in [6.07, 6.45) is 1.40. The Bertz CT molecular complexity index is 1240. The van der Waals surface area contributed by atoms with Crippen molar-refractivity contribution in [1.82, 2.24) is 0 Å². The van der Waals surface area contributed by atoms with Gasteiger partial charge in [-0.3, -0.25) is 13.9 Å². The lowest BCUT2D eigenvalue weighted by molar-refractivity contribution is -0.117. The topological polar surface area (TPSA) is 86.8 Å². The second-order valence-electron chi connectivity index (χ2n) is 7.49. The van der Waals surface area contributed by atoms with Gasteiger partial charge in [0, 0.05) is 37.0 Å². The minimum atomic E-state index is -3.83. The SMILES string of the molecule is CN(c1ccccc1)S(=O)(=O)c1cccc(C(=O)Nc2ccc(N3CCCC3=O)cc2)c1. The first kappa shape index (κ1) is 21.6. The van der Waals surface area contributed by atoms with Crippen LogP contribution in [0.25, 0.3) is 0 Å². The van der Waals surface area contributed by atoms with E-state index in [9.17, 15) is 18.0 Å². The van der Waals surface area contributed by atoms with Crippen molar-refractivity contribution in [3.8, 4) is 0 Å². The zero-order chi connectivity index (χ0) is 22.7. The molecule has 0 atom stereocenters. The van der Waals surface area contributed by atoms with Crippen LogP contribution in [-0.2, 0) is 14.8 Å². The highest BCUT2D eigenvalue weighted by atomic mass is 32.2. The van der Waals surface area contributed by atoms with E-state index in [2.05, 4.69) is 5.32 Å². The number of sulfonamides is 1. The largest absolute Gasteiger partial charge is 0.322 e. The molecule has 1 heterocycles.